The molecule has 32 heavy (non-hydrogen) atoms. The van der Waals surface area contributed by atoms with Crippen LogP contribution in [0.15, 0.2) is 81.0 Å². The number of ketones is 1. The monoisotopic (exact) mass is 449 g/mol. The molecule has 0 unspecified atom stereocenters. The van der Waals surface area contributed by atoms with Gasteiger partial charge in [0, 0.05) is 34.7 Å². The van der Waals surface area contributed by atoms with E-state index in [4.69, 9.17) is 9.15 Å². The third-order valence-corrected chi connectivity index (χ3v) is 5.94. The Morgan fingerprint density at radius 2 is 1.81 bits per heavy atom. The van der Waals surface area contributed by atoms with E-state index in [0.717, 1.165) is 11.2 Å². The Labute approximate surface area is 189 Å². The van der Waals surface area contributed by atoms with Crippen molar-refractivity contribution in [2.75, 3.05) is 24.7 Å². The van der Waals surface area contributed by atoms with E-state index in [1.807, 2.05) is 58.0 Å². The molecular weight excluding hydrogens is 428 g/mol. The van der Waals surface area contributed by atoms with Crippen LogP contribution >= 0.6 is 12.6 Å². The highest BCUT2D eigenvalue weighted by molar-refractivity contribution is 7.85. The summed E-state index contributed by atoms with van der Waals surface area (Å²) in [6.07, 6.45) is 3.30. The molecule has 1 aliphatic heterocycles. The standard InChI is InChI=1S/C24H20N2O5S/c27-11-9-25-17-5-1-3-7-19(17)30-21(25)13-15-23(29)16(24(15)32)14-22-26(10-12-28)18-6-2-4-8-20(18)31-22/h1-8,13-14,27-28H,9-12H2/p+1. The number of fused-ring (bicyclic) bond motifs is 2. The Bertz CT molecular complexity index is 1320. The van der Waals surface area contributed by atoms with Crippen molar-refractivity contribution in [2.24, 2.45) is 0 Å². The minimum Gasteiger partial charge on any atom is -0.439 e. The lowest BCUT2D eigenvalue weighted by molar-refractivity contribution is -0.679. The van der Waals surface area contributed by atoms with Crippen molar-refractivity contribution in [1.82, 2.24) is 0 Å². The van der Waals surface area contributed by atoms with Crippen molar-refractivity contribution in [3.05, 3.63) is 82.4 Å². The number of Topliss-reactive ketones (excluding diaryl/α,β-unsaturated/α-hetero) is 1. The van der Waals surface area contributed by atoms with Crippen LogP contribution in [0.3, 0.4) is 0 Å². The Morgan fingerprint density at radius 3 is 2.59 bits per heavy atom. The summed E-state index contributed by atoms with van der Waals surface area (Å²) >= 11 is 4.55. The molecule has 2 aliphatic rings. The first-order valence-electron chi connectivity index (χ1n) is 10.2. The quantitative estimate of drug-likeness (QED) is 0.305. The van der Waals surface area contributed by atoms with Gasteiger partial charge in [0.15, 0.2) is 18.1 Å². The maximum absolute atomic E-state index is 12.9. The lowest BCUT2D eigenvalue weighted by atomic mass is 9.89. The van der Waals surface area contributed by atoms with E-state index < -0.39 is 0 Å². The number of ether oxygens (including phenoxy) is 1. The third kappa shape index (κ3) is 3.33. The van der Waals surface area contributed by atoms with Crippen molar-refractivity contribution in [2.45, 2.75) is 6.54 Å². The molecule has 2 N–H and O–H groups in total. The van der Waals surface area contributed by atoms with Crippen molar-refractivity contribution >= 4 is 41.3 Å². The van der Waals surface area contributed by atoms with Gasteiger partial charge in [-0.3, -0.25) is 4.79 Å². The normalized spacial score (nSPS) is 18.0. The molecule has 1 aromatic heterocycles. The fourth-order valence-corrected chi connectivity index (χ4v) is 4.27. The summed E-state index contributed by atoms with van der Waals surface area (Å²) in [6, 6.07) is 15.0. The summed E-state index contributed by atoms with van der Waals surface area (Å²) in [5.41, 5.74) is 3.20. The Balaban J connectivity index is 1.51. The summed E-state index contributed by atoms with van der Waals surface area (Å²) < 4.78 is 13.6. The number of nitrogens with zero attached hydrogens (tertiary/aromatic N) is 2. The van der Waals surface area contributed by atoms with Gasteiger partial charge in [-0.15, -0.1) is 12.6 Å². The molecule has 0 saturated heterocycles. The van der Waals surface area contributed by atoms with Crippen LogP contribution in [0.4, 0.5) is 5.69 Å². The van der Waals surface area contributed by atoms with Crippen LogP contribution in [0.25, 0.3) is 17.2 Å². The van der Waals surface area contributed by atoms with Gasteiger partial charge in [-0.05, 0) is 18.2 Å². The van der Waals surface area contributed by atoms with Crippen LogP contribution in [0, 0.1) is 0 Å². The smallest absolute Gasteiger partial charge is 0.374 e. The molecule has 2 heterocycles. The van der Waals surface area contributed by atoms with E-state index in [2.05, 4.69) is 12.6 Å². The summed E-state index contributed by atoms with van der Waals surface area (Å²) in [6.45, 7) is 0.569. The molecule has 0 fully saturated rings. The minimum absolute atomic E-state index is 0.0577. The largest absolute Gasteiger partial charge is 0.439 e. The number of aliphatic hydroxyl groups is 2. The van der Waals surface area contributed by atoms with Gasteiger partial charge < -0.3 is 24.3 Å². The van der Waals surface area contributed by atoms with Gasteiger partial charge in [0.05, 0.1) is 18.4 Å². The SMILES string of the molecule is O=C1C(=Cc2oc3ccccc3[n+]2CCO)C(S)=C1C=C1Oc2ccccc2N1CCO. The zero-order valence-electron chi connectivity index (χ0n) is 17.1. The van der Waals surface area contributed by atoms with Crippen LogP contribution in [-0.2, 0) is 11.3 Å². The Kier molecular flexibility index (Phi) is 5.34. The second kappa shape index (κ2) is 8.31. The lowest BCUT2D eigenvalue weighted by Gasteiger charge is -2.22. The molecule has 0 bridgehead atoms. The summed E-state index contributed by atoms with van der Waals surface area (Å²) in [7, 11) is 0. The second-order valence-corrected chi connectivity index (χ2v) is 7.81. The van der Waals surface area contributed by atoms with Crippen LogP contribution in [0.2, 0.25) is 0 Å². The van der Waals surface area contributed by atoms with Gasteiger partial charge in [-0.25, -0.2) is 0 Å². The first-order chi connectivity index (χ1) is 15.6. The Hall–Kier alpha value is -3.33. The molecule has 7 nitrogen and oxygen atoms in total. The average molecular weight is 450 g/mol. The fourth-order valence-electron chi connectivity index (χ4n) is 3.94. The van der Waals surface area contributed by atoms with Crippen molar-refractivity contribution in [3.8, 4) is 5.75 Å². The first-order valence-corrected chi connectivity index (χ1v) is 10.7. The molecule has 0 atom stereocenters. The van der Waals surface area contributed by atoms with E-state index in [1.165, 1.54) is 0 Å². The van der Waals surface area contributed by atoms with E-state index in [-0.39, 0.29) is 19.0 Å². The number of oxazole rings is 1. The molecular formula is C24H21N2O5S+. The van der Waals surface area contributed by atoms with E-state index >= 15 is 0 Å². The summed E-state index contributed by atoms with van der Waals surface area (Å²) in [4.78, 5) is 15.3. The summed E-state index contributed by atoms with van der Waals surface area (Å²) in [5, 5.41) is 18.9. The number of carbonyl (C=O) groups is 1. The number of hydrogen-bond acceptors (Lipinski definition) is 7. The first kappa shape index (κ1) is 20.6. The molecule has 3 aromatic rings. The molecule has 0 saturated carbocycles. The fraction of sp³-hybridized carbons (Fsp3) is 0.167. The minimum atomic E-state index is -0.179. The van der Waals surface area contributed by atoms with E-state index in [1.54, 1.807) is 12.2 Å². The lowest BCUT2D eigenvalue weighted by Crippen LogP contribution is -2.37. The number of para-hydroxylation sites is 4. The number of aromatic nitrogens is 1. The molecule has 5 rings (SSSR count). The number of rotatable bonds is 6. The van der Waals surface area contributed by atoms with E-state index in [0.29, 0.717) is 52.2 Å². The molecule has 0 amide bonds. The average Bonchev–Trinajstić information content (AvgIpc) is 3.34. The number of aliphatic hydroxyl groups excluding tert-OH is 2. The van der Waals surface area contributed by atoms with Crippen molar-refractivity contribution in [3.63, 3.8) is 0 Å². The molecule has 2 aromatic carbocycles. The van der Waals surface area contributed by atoms with Crippen LogP contribution in [-0.4, -0.2) is 35.8 Å². The number of benzene rings is 2. The zero-order chi connectivity index (χ0) is 22.2. The number of thiol groups is 1. The van der Waals surface area contributed by atoms with Gasteiger partial charge in [-0.1, -0.05) is 24.3 Å². The predicted molar refractivity (Wildman–Crippen MR) is 122 cm³/mol. The van der Waals surface area contributed by atoms with Gasteiger partial charge in [-0.2, -0.15) is 4.57 Å². The van der Waals surface area contributed by atoms with Crippen molar-refractivity contribution < 1.29 is 28.7 Å². The molecule has 162 valence electrons. The molecule has 0 radical (unpaired) electrons. The highest BCUT2D eigenvalue weighted by atomic mass is 32.1. The number of hydrogen-bond donors (Lipinski definition) is 3. The van der Waals surface area contributed by atoms with Gasteiger partial charge in [0.1, 0.15) is 6.61 Å². The topological polar surface area (TPSA) is 87.0 Å². The van der Waals surface area contributed by atoms with Gasteiger partial charge in [0.25, 0.3) is 5.52 Å². The highest BCUT2D eigenvalue weighted by Crippen LogP contribution is 2.41. The summed E-state index contributed by atoms with van der Waals surface area (Å²) in [5.74, 6) is 1.42. The molecule has 0 spiro atoms. The number of β-amino-alcohol motifs (C(OH)–C–C–N with tert-alkyl or cyclic N) is 1. The van der Waals surface area contributed by atoms with E-state index in [9.17, 15) is 15.0 Å². The number of carbonyl (C=O) groups excluding carboxylic acids is 1. The number of anilines is 1. The van der Waals surface area contributed by atoms with Crippen LogP contribution < -0.4 is 14.2 Å². The maximum Gasteiger partial charge on any atom is 0.374 e. The highest BCUT2D eigenvalue weighted by Gasteiger charge is 2.35. The van der Waals surface area contributed by atoms with Gasteiger partial charge >= 0.3 is 5.89 Å². The molecule has 1 aliphatic carbocycles. The van der Waals surface area contributed by atoms with Gasteiger partial charge in [0.2, 0.25) is 11.5 Å². The number of allylic oxidation sites excluding steroid dienone is 3. The third-order valence-electron chi connectivity index (χ3n) is 5.46. The Morgan fingerprint density at radius 1 is 1.03 bits per heavy atom. The molecule has 8 heteroatoms. The van der Waals surface area contributed by atoms with Crippen LogP contribution in [0.1, 0.15) is 5.89 Å². The van der Waals surface area contributed by atoms with Crippen molar-refractivity contribution in [1.29, 1.82) is 0 Å². The zero-order valence-corrected chi connectivity index (χ0v) is 18.0. The maximum atomic E-state index is 12.9. The predicted octanol–water partition coefficient (Wildman–Crippen LogP) is 2.60. The van der Waals surface area contributed by atoms with Crippen LogP contribution in [0.5, 0.6) is 5.75 Å². The second-order valence-electron chi connectivity index (χ2n) is 7.36.